The quantitative estimate of drug-likeness (QED) is 0.176. The Labute approximate surface area is 251 Å². The van der Waals surface area contributed by atoms with Gasteiger partial charge >= 0.3 is 6.09 Å². The Morgan fingerprint density at radius 2 is 1.63 bits per heavy atom. The standard InChI is InChI=1S/C33H38N6O4/c1-33(2,26-11-7-4-8-12-26)22-36-30(40)20-39(19-24-13-15-27(34)16-14-24)31(41)29(17-28-18-35-23-37-28)38-32(42)43-21-25-9-5-3-6-10-25/h3-16,18,23,29H,17,19-22,34H2,1-2H3,(H,35,37)(H,36,40)(H,38,42). The molecule has 4 rings (SSSR count). The van der Waals surface area contributed by atoms with Gasteiger partial charge in [0.1, 0.15) is 12.6 Å². The van der Waals surface area contributed by atoms with Crippen molar-refractivity contribution in [1.82, 2.24) is 25.5 Å². The van der Waals surface area contributed by atoms with Crippen LogP contribution in [0.25, 0.3) is 0 Å². The molecule has 0 saturated carbocycles. The van der Waals surface area contributed by atoms with Crippen LogP contribution in [0, 0.1) is 0 Å². The molecular weight excluding hydrogens is 544 g/mol. The Morgan fingerprint density at radius 1 is 0.953 bits per heavy atom. The lowest BCUT2D eigenvalue weighted by Crippen LogP contribution is -2.52. The largest absolute Gasteiger partial charge is 0.445 e. The molecule has 0 fully saturated rings. The molecule has 0 saturated heterocycles. The van der Waals surface area contributed by atoms with Gasteiger partial charge in [0.15, 0.2) is 0 Å². The summed E-state index contributed by atoms with van der Waals surface area (Å²) in [6.07, 6.45) is 2.46. The fourth-order valence-electron chi connectivity index (χ4n) is 4.54. The first kappa shape index (κ1) is 30.8. The average Bonchev–Trinajstić information content (AvgIpc) is 3.53. The number of hydrogen-bond acceptors (Lipinski definition) is 6. The Kier molecular flexibility index (Phi) is 10.5. The second-order valence-electron chi connectivity index (χ2n) is 11.0. The highest BCUT2D eigenvalue weighted by Crippen LogP contribution is 2.21. The number of nitrogen functional groups attached to an aromatic ring is 1. The first-order valence-electron chi connectivity index (χ1n) is 14.1. The number of imidazole rings is 1. The Balaban J connectivity index is 1.49. The number of anilines is 1. The van der Waals surface area contributed by atoms with E-state index >= 15 is 0 Å². The van der Waals surface area contributed by atoms with Crippen molar-refractivity contribution < 1.29 is 19.1 Å². The second-order valence-corrected chi connectivity index (χ2v) is 11.0. The molecule has 0 spiro atoms. The lowest BCUT2D eigenvalue weighted by Gasteiger charge is -2.29. The van der Waals surface area contributed by atoms with Gasteiger partial charge in [-0.15, -0.1) is 0 Å². The number of H-pyrrole nitrogens is 1. The van der Waals surface area contributed by atoms with E-state index in [0.29, 0.717) is 17.9 Å². The Bertz CT molecular complexity index is 1460. The summed E-state index contributed by atoms with van der Waals surface area (Å²) in [5.41, 5.74) is 9.45. The first-order valence-corrected chi connectivity index (χ1v) is 14.1. The van der Waals surface area contributed by atoms with Crippen LogP contribution in [0.4, 0.5) is 10.5 Å². The summed E-state index contributed by atoms with van der Waals surface area (Å²) >= 11 is 0. The van der Waals surface area contributed by atoms with Gasteiger partial charge in [0.2, 0.25) is 11.8 Å². The normalized spacial score (nSPS) is 11.8. The van der Waals surface area contributed by atoms with E-state index in [0.717, 1.165) is 16.7 Å². The third-order valence-corrected chi connectivity index (χ3v) is 7.06. The van der Waals surface area contributed by atoms with Gasteiger partial charge in [-0.05, 0) is 28.8 Å². The molecule has 5 N–H and O–H groups in total. The maximum atomic E-state index is 14.0. The van der Waals surface area contributed by atoms with Gasteiger partial charge in [-0.3, -0.25) is 9.59 Å². The van der Waals surface area contributed by atoms with Crippen LogP contribution in [0.2, 0.25) is 0 Å². The van der Waals surface area contributed by atoms with Crippen molar-refractivity contribution in [1.29, 1.82) is 0 Å². The fourth-order valence-corrected chi connectivity index (χ4v) is 4.54. The molecule has 3 aromatic carbocycles. The average molecular weight is 583 g/mol. The molecule has 1 unspecified atom stereocenters. The van der Waals surface area contributed by atoms with Crippen LogP contribution in [0.3, 0.4) is 0 Å². The molecular formula is C33H38N6O4. The smallest absolute Gasteiger partial charge is 0.408 e. The number of nitrogens with two attached hydrogens (primary N) is 1. The lowest BCUT2D eigenvalue weighted by atomic mass is 9.84. The fraction of sp³-hybridized carbons (Fsp3) is 0.273. The number of amides is 3. The van der Waals surface area contributed by atoms with Crippen LogP contribution in [-0.2, 0) is 39.3 Å². The third-order valence-electron chi connectivity index (χ3n) is 7.06. The maximum Gasteiger partial charge on any atom is 0.408 e. The number of carbonyl (C=O) groups excluding carboxylic acids is 3. The number of hydrogen-bond donors (Lipinski definition) is 4. The number of carbonyl (C=O) groups is 3. The predicted octanol–water partition coefficient (Wildman–Crippen LogP) is 3.95. The van der Waals surface area contributed by atoms with Gasteiger partial charge in [0.05, 0.1) is 12.9 Å². The Hall–Kier alpha value is -5.12. The topological polar surface area (TPSA) is 142 Å². The summed E-state index contributed by atoms with van der Waals surface area (Å²) < 4.78 is 5.40. The zero-order chi connectivity index (χ0) is 30.7. The number of aromatic nitrogens is 2. The minimum absolute atomic E-state index is 0.0480. The zero-order valence-corrected chi connectivity index (χ0v) is 24.5. The summed E-state index contributed by atoms with van der Waals surface area (Å²) in [6, 6.07) is 25.2. The molecule has 1 aromatic heterocycles. The maximum absolute atomic E-state index is 14.0. The van der Waals surface area contributed by atoms with Gasteiger partial charge in [0, 0.05) is 42.5 Å². The zero-order valence-electron chi connectivity index (χ0n) is 24.5. The van der Waals surface area contributed by atoms with Crippen molar-refractivity contribution in [3.63, 3.8) is 0 Å². The molecule has 0 radical (unpaired) electrons. The van der Waals surface area contributed by atoms with Crippen molar-refractivity contribution in [3.8, 4) is 0 Å². The monoisotopic (exact) mass is 582 g/mol. The molecule has 224 valence electrons. The van der Waals surface area contributed by atoms with Crippen molar-refractivity contribution in [2.24, 2.45) is 0 Å². The number of benzene rings is 3. The molecule has 1 heterocycles. The van der Waals surface area contributed by atoms with E-state index in [4.69, 9.17) is 10.5 Å². The van der Waals surface area contributed by atoms with E-state index in [-0.39, 0.29) is 37.4 Å². The van der Waals surface area contributed by atoms with Gasteiger partial charge in [-0.2, -0.15) is 0 Å². The summed E-state index contributed by atoms with van der Waals surface area (Å²) in [4.78, 5) is 48.5. The number of alkyl carbamates (subject to hydrolysis) is 1. The van der Waals surface area contributed by atoms with Gasteiger partial charge in [-0.1, -0.05) is 86.6 Å². The highest BCUT2D eigenvalue weighted by molar-refractivity contribution is 5.89. The number of aromatic amines is 1. The van der Waals surface area contributed by atoms with E-state index in [2.05, 4.69) is 20.6 Å². The number of nitrogens with one attached hydrogen (secondary N) is 3. The summed E-state index contributed by atoms with van der Waals surface area (Å²) in [5, 5.41) is 5.68. The summed E-state index contributed by atoms with van der Waals surface area (Å²) in [5.74, 6) is -0.764. The Morgan fingerprint density at radius 3 is 2.28 bits per heavy atom. The molecule has 43 heavy (non-hydrogen) atoms. The van der Waals surface area contributed by atoms with Crippen LogP contribution in [0.1, 0.15) is 36.2 Å². The first-order chi connectivity index (χ1) is 20.7. The van der Waals surface area contributed by atoms with Gasteiger partial charge < -0.3 is 31.0 Å². The molecule has 4 aromatic rings. The second kappa shape index (κ2) is 14.7. The van der Waals surface area contributed by atoms with Crippen molar-refractivity contribution in [3.05, 3.63) is 120 Å². The molecule has 0 bridgehead atoms. The molecule has 1 atom stereocenters. The van der Waals surface area contributed by atoms with E-state index in [1.54, 1.807) is 30.5 Å². The van der Waals surface area contributed by atoms with Gasteiger partial charge in [0.25, 0.3) is 0 Å². The van der Waals surface area contributed by atoms with E-state index in [1.807, 2.05) is 74.5 Å². The highest BCUT2D eigenvalue weighted by Gasteiger charge is 2.30. The summed E-state index contributed by atoms with van der Waals surface area (Å²) in [7, 11) is 0. The van der Waals surface area contributed by atoms with Crippen LogP contribution < -0.4 is 16.4 Å². The molecule has 0 aliphatic carbocycles. The molecule has 10 heteroatoms. The van der Waals surface area contributed by atoms with E-state index in [1.165, 1.54) is 11.2 Å². The molecule has 10 nitrogen and oxygen atoms in total. The van der Waals surface area contributed by atoms with E-state index < -0.39 is 18.0 Å². The van der Waals surface area contributed by atoms with E-state index in [9.17, 15) is 14.4 Å². The third kappa shape index (κ3) is 9.46. The van der Waals surface area contributed by atoms with Crippen molar-refractivity contribution in [2.75, 3.05) is 18.8 Å². The number of nitrogens with zero attached hydrogens (tertiary/aromatic N) is 2. The number of ether oxygens (including phenoxy) is 1. The van der Waals surface area contributed by atoms with Crippen LogP contribution in [0.15, 0.2) is 97.5 Å². The molecule has 0 aliphatic heterocycles. The van der Waals surface area contributed by atoms with Crippen LogP contribution >= 0.6 is 0 Å². The molecule has 3 amide bonds. The van der Waals surface area contributed by atoms with Crippen molar-refractivity contribution in [2.45, 2.75) is 44.9 Å². The number of rotatable bonds is 13. The minimum atomic E-state index is -1.02. The highest BCUT2D eigenvalue weighted by atomic mass is 16.5. The molecule has 0 aliphatic rings. The lowest BCUT2D eigenvalue weighted by molar-refractivity contribution is -0.138. The van der Waals surface area contributed by atoms with Crippen molar-refractivity contribution >= 4 is 23.6 Å². The SMILES string of the molecule is CC(C)(CNC(=O)CN(Cc1ccc(N)cc1)C(=O)C(Cc1cnc[nH]1)NC(=O)OCc1ccccc1)c1ccccc1. The van der Waals surface area contributed by atoms with Crippen LogP contribution in [-0.4, -0.2) is 51.9 Å². The summed E-state index contributed by atoms with van der Waals surface area (Å²) in [6.45, 7) is 4.44. The minimum Gasteiger partial charge on any atom is -0.445 e. The predicted molar refractivity (Wildman–Crippen MR) is 165 cm³/mol. The van der Waals surface area contributed by atoms with Gasteiger partial charge in [-0.25, -0.2) is 9.78 Å². The van der Waals surface area contributed by atoms with Crippen LogP contribution in [0.5, 0.6) is 0 Å².